The number of thiocarbonyl (C=S) groups is 1. The van der Waals surface area contributed by atoms with Crippen molar-refractivity contribution in [1.29, 1.82) is 0 Å². The van der Waals surface area contributed by atoms with Gasteiger partial charge in [0.2, 0.25) is 0 Å². The van der Waals surface area contributed by atoms with Crippen LogP contribution in [0.4, 0.5) is 0 Å². The number of hydrogen-bond donors (Lipinski definition) is 0. The Morgan fingerprint density at radius 3 is 3.00 bits per heavy atom. The van der Waals surface area contributed by atoms with Crippen LogP contribution >= 0.6 is 12.2 Å². The number of rotatable bonds is 2. The molecule has 2 heteroatoms. The second kappa shape index (κ2) is 3.71. The average Bonchev–Trinajstić information content (AvgIpc) is 1.88. The van der Waals surface area contributed by atoms with Gasteiger partial charge in [-0.15, -0.1) is 0 Å². The van der Waals surface area contributed by atoms with Crippen molar-refractivity contribution in [3.8, 4) is 0 Å². The lowest BCUT2D eigenvalue weighted by atomic mass is 10.1. The minimum atomic E-state index is 0.758. The van der Waals surface area contributed by atoms with Crippen LogP contribution in [0.5, 0.6) is 0 Å². The molecular weight excluding hydrogens is 144 g/mol. The molecule has 0 N–H and O–H groups in total. The molecule has 0 aromatic rings. The van der Waals surface area contributed by atoms with Gasteiger partial charge in [-0.25, -0.2) is 0 Å². The second-order valence-electron chi connectivity index (χ2n) is 2.36. The van der Waals surface area contributed by atoms with Crippen molar-refractivity contribution in [3.05, 3.63) is 11.8 Å². The molecule has 1 nitrogen and oxygen atoms in total. The number of ether oxygens (including phenoxy) is 1. The van der Waals surface area contributed by atoms with E-state index in [0.717, 1.165) is 36.5 Å². The highest BCUT2D eigenvalue weighted by atomic mass is 32.1. The molecule has 0 saturated heterocycles. The maximum absolute atomic E-state index is 5.33. The summed E-state index contributed by atoms with van der Waals surface area (Å²) < 4.78 is 5.33. The van der Waals surface area contributed by atoms with Crippen LogP contribution in [-0.2, 0) is 4.74 Å². The first-order chi connectivity index (χ1) is 4.83. The largest absolute Gasteiger partial charge is 0.498 e. The van der Waals surface area contributed by atoms with Gasteiger partial charge < -0.3 is 4.74 Å². The third-order valence-corrected chi connectivity index (χ3v) is 1.82. The van der Waals surface area contributed by atoms with E-state index in [-0.39, 0.29) is 0 Å². The van der Waals surface area contributed by atoms with Gasteiger partial charge in [0, 0.05) is 11.3 Å². The first kappa shape index (κ1) is 7.73. The Morgan fingerprint density at radius 2 is 2.40 bits per heavy atom. The third kappa shape index (κ3) is 2.10. The lowest BCUT2D eigenvalue weighted by Crippen LogP contribution is -2.03. The lowest BCUT2D eigenvalue weighted by Gasteiger charge is -2.12. The van der Waals surface area contributed by atoms with E-state index in [1.807, 2.05) is 13.0 Å². The monoisotopic (exact) mass is 156 g/mol. The zero-order valence-corrected chi connectivity index (χ0v) is 7.04. The molecule has 1 aliphatic carbocycles. The molecule has 0 fully saturated rings. The van der Waals surface area contributed by atoms with Gasteiger partial charge in [0.25, 0.3) is 0 Å². The van der Waals surface area contributed by atoms with Gasteiger partial charge in [0.05, 0.1) is 12.4 Å². The summed E-state index contributed by atoms with van der Waals surface area (Å²) in [4.78, 5) is 1.04. The molecule has 0 amide bonds. The Morgan fingerprint density at radius 1 is 1.60 bits per heavy atom. The molecule has 0 aliphatic heterocycles. The van der Waals surface area contributed by atoms with E-state index in [4.69, 9.17) is 17.0 Å². The van der Waals surface area contributed by atoms with Crippen LogP contribution in [0.1, 0.15) is 26.2 Å². The highest BCUT2D eigenvalue weighted by Gasteiger charge is 2.06. The Balaban J connectivity index is 2.49. The summed E-state index contributed by atoms with van der Waals surface area (Å²) in [7, 11) is 0. The molecule has 0 heterocycles. The maximum Gasteiger partial charge on any atom is 0.0970 e. The summed E-state index contributed by atoms with van der Waals surface area (Å²) in [6.45, 7) is 2.76. The Bertz CT molecular complexity index is 161. The predicted octanol–water partition coefficient (Wildman–Crippen LogP) is 2.46. The molecule has 56 valence electrons. The summed E-state index contributed by atoms with van der Waals surface area (Å²) >= 11 is 5.04. The summed E-state index contributed by atoms with van der Waals surface area (Å²) in [5, 5.41) is 0. The SMILES string of the molecule is CCOC1=CC(=S)CCC1. The number of allylic oxidation sites excluding steroid dienone is 2. The van der Waals surface area contributed by atoms with Crippen molar-refractivity contribution in [2.75, 3.05) is 6.61 Å². The first-order valence-corrected chi connectivity index (χ1v) is 4.10. The van der Waals surface area contributed by atoms with Crippen molar-refractivity contribution in [3.63, 3.8) is 0 Å². The van der Waals surface area contributed by atoms with Gasteiger partial charge >= 0.3 is 0 Å². The van der Waals surface area contributed by atoms with Crippen LogP contribution in [0.25, 0.3) is 0 Å². The van der Waals surface area contributed by atoms with E-state index in [1.165, 1.54) is 0 Å². The Hall–Kier alpha value is -0.370. The van der Waals surface area contributed by atoms with Gasteiger partial charge in [-0.2, -0.15) is 0 Å². The second-order valence-corrected chi connectivity index (χ2v) is 2.89. The fourth-order valence-electron chi connectivity index (χ4n) is 1.06. The molecule has 0 aromatic carbocycles. The smallest absolute Gasteiger partial charge is 0.0970 e. The molecule has 0 unspecified atom stereocenters. The molecule has 0 atom stereocenters. The van der Waals surface area contributed by atoms with Crippen LogP contribution in [0, 0.1) is 0 Å². The Labute approximate surface area is 67.1 Å². The zero-order valence-electron chi connectivity index (χ0n) is 6.22. The topological polar surface area (TPSA) is 9.23 Å². The highest BCUT2D eigenvalue weighted by molar-refractivity contribution is 7.80. The van der Waals surface area contributed by atoms with Gasteiger partial charge in [0.15, 0.2) is 0 Å². The molecule has 1 aliphatic rings. The molecular formula is C8H12OS. The Kier molecular flexibility index (Phi) is 2.87. The van der Waals surface area contributed by atoms with Crippen LogP contribution in [0.2, 0.25) is 0 Å². The summed E-state index contributed by atoms with van der Waals surface area (Å²) in [6, 6.07) is 0. The molecule has 0 saturated carbocycles. The van der Waals surface area contributed by atoms with Crippen molar-refractivity contribution < 1.29 is 4.74 Å². The zero-order chi connectivity index (χ0) is 7.40. The fourth-order valence-corrected chi connectivity index (χ4v) is 1.34. The van der Waals surface area contributed by atoms with Gasteiger partial charge in [-0.05, 0) is 25.8 Å². The minimum Gasteiger partial charge on any atom is -0.498 e. The quantitative estimate of drug-likeness (QED) is 0.568. The van der Waals surface area contributed by atoms with E-state index >= 15 is 0 Å². The molecule has 1 rings (SSSR count). The summed E-state index contributed by atoms with van der Waals surface area (Å²) in [5.74, 6) is 1.07. The molecule has 0 radical (unpaired) electrons. The van der Waals surface area contributed by atoms with E-state index < -0.39 is 0 Å². The van der Waals surface area contributed by atoms with Gasteiger partial charge in [-0.1, -0.05) is 12.2 Å². The van der Waals surface area contributed by atoms with Crippen LogP contribution in [0.15, 0.2) is 11.8 Å². The van der Waals surface area contributed by atoms with Crippen LogP contribution < -0.4 is 0 Å². The molecule has 0 bridgehead atoms. The molecule has 0 spiro atoms. The van der Waals surface area contributed by atoms with Crippen LogP contribution in [-0.4, -0.2) is 11.5 Å². The standard InChI is InChI=1S/C8H12OS/c1-2-9-7-4-3-5-8(10)6-7/h6H,2-5H2,1H3. The lowest BCUT2D eigenvalue weighted by molar-refractivity contribution is 0.216. The van der Waals surface area contributed by atoms with Crippen molar-refractivity contribution in [1.82, 2.24) is 0 Å². The number of hydrogen-bond acceptors (Lipinski definition) is 2. The van der Waals surface area contributed by atoms with E-state index in [0.29, 0.717) is 0 Å². The van der Waals surface area contributed by atoms with Crippen molar-refractivity contribution >= 4 is 17.1 Å². The van der Waals surface area contributed by atoms with Crippen LogP contribution in [0.3, 0.4) is 0 Å². The fraction of sp³-hybridized carbons (Fsp3) is 0.625. The third-order valence-electron chi connectivity index (χ3n) is 1.50. The van der Waals surface area contributed by atoms with E-state index in [2.05, 4.69) is 0 Å². The first-order valence-electron chi connectivity index (χ1n) is 3.69. The average molecular weight is 156 g/mol. The van der Waals surface area contributed by atoms with E-state index in [1.54, 1.807) is 0 Å². The molecule has 10 heavy (non-hydrogen) atoms. The summed E-state index contributed by atoms with van der Waals surface area (Å²) in [5.41, 5.74) is 0. The normalized spacial score (nSPS) is 18.5. The summed E-state index contributed by atoms with van der Waals surface area (Å²) in [6.07, 6.45) is 5.27. The van der Waals surface area contributed by atoms with Gasteiger partial charge in [0.1, 0.15) is 0 Å². The molecule has 0 aromatic heterocycles. The van der Waals surface area contributed by atoms with Gasteiger partial charge in [-0.3, -0.25) is 0 Å². The van der Waals surface area contributed by atoms with Crippen molar-refractivity contribution in [2.45, 2.75) is 26.2 Å². The predicted molar refractivity (Wildman–Crippen MR) is 46.2 cm³/mol. The maximum atomic E-state index is 5.33. The van der Waals surface area contributed by atoms with Crippen molar-refractivity contribution in [2.24, 2.45) is 0 Å². The van der Waals surface area contributed by atoms with E-state index in [9.17, 15) is 0 Å². The minimum absolute atomic E-state index is 0.758. The highest BCUT2D eigenvalue weighted by Crippen LogP contribution is 2.16.